The number of furan rings is 1. The Labute approximate surface area is 166 Å². The molecule has 138 valence electrons. The topological polar surface area (TPSA) is 90.4 Å². The Bertz CT molecular complexity index is 1130. The van der Waals surface area contributed by atoms with Gasteiger partial charge in [0.05, 0.1) is 16.5 Å². The SMILES string of the molecule is CCOc1cccc2cc(-c3nnc(NC(=O)c4cc(Cl)sc4Cl)o3)oc12. The van der Waals surface area contributed by atoms with Gasteiger partial charge in [-0.05, 0) is 25.1 Å². The zero-order valence-corrected chi connectivity index (χ0v) is 16.1. The number of carbonyl (C=O) groups excluding carboxylic acids is 1. The van der Waals surface area contributed by atoms with Gasteiger partial charge < -0.3 is 13.6 Å². The number of hydrogen-bond donors (Lipinski definition) is 1. The highest BCUT2D eigenvalue weighted by Crippen LogP contribution is 2.34. The van der Waals surface area contributed by atoms with Gasteiger partial charge in [-0.2, -0.15) is 0 Å². The van der Waals surface area contributed by atoms with Crippen LogP contribution >= 0.6 is 34.5 Å². The van der Waals surface area contributed by atoms with Gasteiger partial charge in [0.1, 0.15) is 4.34 Å². The van der Waals surface area contributed by atoms with Crippen molar-refractivity contribution in [3.05, 3.63) is 44.6 Å². The number of rotatable bonds is 5. The van der Waals surface area contributed by atoms with Crippen LogP contribution in [0, 0.1) is 0 Å². The number of aromatic nitrogens is 2. The lowest BCUT2D eigenvalue weighted by Crippen LogP contribution is -2.11. The summed E-state index contributed by atoms with van der Waals surface area (Å²) in [6.45, 7) is 2.41. The number of carbonyl (C=O) groups is 1. The predicted molar refractivity (Wildman–Crippen MR) is 103 cm³/mol. The van der Waals surface area contributed by atoms with Crippen LogP contribution in [-0.4, -0.2) is 22.7 Å². The van der Waals surface area contributed by atoms with Gasteiger partial charge >= 0.3 is 6.01 Å². The maximum absolute atomic E-state index is 12.2. The first-order valence-corrected chi connectivity index (χ1v) is 9.38. The largest absolute Gasteiger partial charge is 0.490 e. The molecule has 0 radical (unpaired) electrons. The number of thiophene rings is 1. The molecule has 3 aromatic heterocycles. The summed E-state index contributed by atoms with van der Waals surface area (Å²) in [5.41, 5.74) is 0.814. The van der Waals surface area contributed by atoms with Crippen LogP contribution < -0.4 is 10.1 Å². The van der Waals surface area contributed by atoms with Gasteiger partial charge in [0.2, 0.25) is 0 Å². The van der Waals surface area contributed by atoms with Crippen LogP contribution in [-0.2, 0) is 0 Å². The molecule has 0 aliphatic heterocycles. The summed E-state index contributed by atoms with van der Waals surface area (Å²) in [5, 5.41) is 11.0. The fourth-order valence-electron chi connectivity index (χ4n) is 2.44. The zero-order chi connectivity index (χ0) is 19.0. The molecule has 4 aromatic rings. The molecule has 1 aromatic carbocycles. The third-order valence-corrected chi connectivity index (χ3v) is 5.05. The molecular weight excluding hydrogens is 413 g/mol. The number of anilines is 1. The van der Waals surface area contributed by atoms with E-state index >= 15 is 0 Å². The maximum atomic E-state index is 12.2. The Morgan fingerprint density at radius 3 is 2.85 bits per heavy atom. The van der Waals surface area contributed by atoms with Gasteiger partial charge in [-0.15, -0.1) is 16.4 Å². The minimum absolute atomic E-state index is 0.0844. The predicted octanol–water partition coefficient (Wildman–Crippen LogP) is 5.50. The molecule has 1 amide bonds. The summed E-state index contributed by atoms with van der Waals surface area (Å²) < 4.78 is 17.5. The van der Waals surface area contributed by atoms with Gasteiger partial charge in [-0.1, -0.05) is 40.4 Å². The van der Waals surface area contributed by atoms with E-state index < -0.39 is 5.91 Å². The highest BCUT2D eigenvalue weighted by Gasteiger charge is 2.19. The number of benzene rings is 1. The van der Waals surface area contributed by atoms with Crippen LogP contribution in [0.1, 0.15) is 17.3 Å². The zero-order valence-electron chi connectivity index (χ0n) is 13.8. The van der Waals surface area contributed by atoms with Crippen molar-refractivity contribution in [2.24, 2.45) is 0 Å². The third kappa shape index (κ3) is 3.51. The molecule has 0 atom stereocenters. The molecular formula is C17H11Cl2N3O4S. The highest BCUT2D eigenvalue weighted by molar-refractivity contribution is 7.20. The molecule has 27 heavy (non-hydrogen) atoms. The van der Waals surface area contributed by atoms with E-state index in [1.165, 1.54) is 6.07 Å². The van der Waals surface area contributed by atoms with E-state index in [0.717, 1.165) is 16.7 Å². The van der Waals surface area contributed by atoms with E-state index in [0.29, 0.717) is 28.0 Å². The molecule has 0 bridgehead atoms. The summed E-state index contributed by atoms with van der Waals surface area (Å²) in [7, 11) is 0. The minimum atomic E-state index is -0.499. The van der Waals surface area contributed by atoms with Gasteiger partial charge in [0, 0.05) is 5.39 Å². The Hall–Kier alpha value is -2.55. The van der Waals surface area contributed by atoms with Crippen LogP contribution in [0.2, 0.25) is 8.67 Å². The van der Waals surface area contributed by atoms with E-state index in [1.54, 1.807) is 6.07 Å². The second-order valence-corrected chi connectivity index (χ2v) is 7.61. The normalized spacial score (nSPS) is 11.1. The molecule has 0 fully saturated rings. The average Bonchev–Trinajstić information content (AvgIpc) is 3.33. The van der Waals surface area contributed by atoms with Crippen LogP contribution in [0.25, 0.3) is 22.6 Å². The highest BCUT2D eigenvalue weighted by atomic mass is 35.5. The Morgan fingerprint density at radius 1 is 1.26 bits per heavy atom. The number of amides is 1. The first-order chi connectivity index (χ1) is 13.0. The number of para-hydroxylation sites is 1. The molecule has 4 rings (SSSR count). The lowest BCUT2D eigenvalue weighted by molar-refractivity contribution is 0.102. The van der Waals surface area contributed by atoms with E-state index in [9.17, 15) is 4.79 Å². The Kier molecular flexibility index (Phi) is 4.77. The summed E-state index contributed by atoms with van der Waals surface area (Å²) in [6, 6.07) is 8.70. The molecule has 0 saturated carbocycles. The van der Waals surface area contributed by atoms with Crippen LogP contribution in [0.15, 0.2) is 39.2 Å². The average molecular weight is 424 g/mol. The molecule has 0 spiro atoms. The smallest absolute Gasteiger partial charge is 0.322 e. The molecule has 1 N–H and O–H groups in total. The lowest BCUT2D eigenvalue weighted by Gasteiger charge is -2.01. The van der Waals surface area contributed by atoms with E-state index in [4.69, 9.17) is 36.8 Å². The molecule has 7 nitrogen and oxygen atoms in total. The lowest BCUT2D eigenvalue weighted by atomic mass is 10.2. The van der Waals surface area contributed by atoms with E-state index in [-0.39, 0.29) is 21.8 Å². The number of hydrogen-bond acceptors (Lipinski definition) is 7. The van der Waals surface area contributed by atoms with Gasteiger partial charge in [-0.3, -0.25) is 10.1 Å². The quantitative estimate of drug-likeness (QED) is 0.455. The van der Waals surface area contributed by atoms with Crippen molar-refractivity contribution in [3.63, 3.8) is 0 Å². The first kappa shape index (κ1) is 17.8. The molecule has 3 heterocycles. The van der Waals surface area contributed by atoms with Crippen molar-refractivity contribution in [2.45, 2.75) is 6.92 Å². The fourth-order valence-corrected chi connectivity index (χ4v) is 3.90. The number of halogens is 2. The summed E-state index contributed by atoms with van der Waals surface area (Å²) in [4.78, 5) is 12.2. The second kappa shape index (κ2) is 7.22. The first-order valence-electron chi connectivity index (χ1n) is 7.80. The van der Waals surface area contributed by atoms with Gasteiger partial charge in [0.25, 0.3) is 11.8 Å². The summed E-state index contributed by atoms with van der Waals surface area (Å²) in [6.07, 6.45) is 0. The van der Waals surface area contributed by atoms with Gasteiger partial charge in [0.15, 0.2) is 17.1 Å². The molecule has 0 aliphatic carbocycles. The fraction of sp³-hybridized carbons (Fsp3) is 0.118. The molecule has 10 heteroatoms. The summed E-state index contributed by atoms with van der Waals surface area (Å²) >= 11 is 12.9. The van der Waals surface area contributed by atoms with Crippen molar-refractivity contribution in [1.29, 1.82) is 0 Å². The van der Waals surface area contributed by atoms with Crippen LogP contribution in [0.5, 0.6) is 5.75 Å². The minimum Gasteiger partial charge on any atom is -0.490 e. The molecule has 0 saturated heterocycles. The Balaban J connectivity index is 1.59. The molecule has 0 aliphatic rings. The standard InChI is InChI=1S/C17H11Cl2N3O4S/c1-2-24-10-5-3-4-8-6-11(25-13(8)10)16-21-22-17(26-16)20-15(23)9-7-12(18)27-14(9)19/h3-7H,2H2,1H3,(H,20,22,23). The number of nitrogens with zero attached hydrogens (tertiary/aromatic N) is 2. The van der Waals surface area contributed by atoms with Crippen molar-refractivity contribution in [1.82, 2.24) is 10.2 Å². The van der Waals surface area contributed by atoms with Gasteiger partial charge in [-0.25, -0.2) is 0 Å². The molecule has 0 unspecified atom stereocenters. The van der Waals surface area contributed by atoms with E-state index in [2.05, 4.69) is 15.5 Å². The van der Waals surface area contributed by atoms with Crippen molar-refractivity contribution >= 4 is 57.4 Å². The summed E-state index contributed by atoms with van der Waals surface area (Å²) in [5.74, 6) is 0.611. The number of fused-ring (bicyclic) bond motifs is 1. The van der Waals surface area contributed by atoms with Crippen molar-refractivity contribution < 1.29 is 18.4 Å². The van der Waals surface area contributed by atoms with Crippen LogP contribution in [0.3, 0.4) is 0 Å². The van der Waals surface area contributed by atoms with Crippen molar-refractivity contribution in [2.75, 3.05) is 11.9 Å². The maximum Gasteiger partial charge on any atom is 0.322 e. The van der Waals surface area contributed by atoms with E-state index in [1.807, 2.05) is 25.1 Å². The Morgan fingerprint density at radius 2 is 2.11 bits per heavy atom. The van der Waals surface area contributed by atoms with Crippen molar-refractivity contribution in [3.8, 4) is 17.4 Å². The van der Waals surface area contributed by atoms with Crippen LogP contribution in [0.4, 0.5) is 6.01 Å². The third-order valence-electron chi connectivity index (χ3n) is 3.57. The number of ether oxygens (including phenoxy) is 1. The second-order valence-electron chi connectivity index (χ2n) is 5.32. The monoisotopic (exact) mass is 423 g/mol. The number of nitrogens with one attached hydrogen (secondary N) is 1.